The van der Waals surface area contributed by atoms with E-state index in [4.69, 9.17) is 20.4 Å². The fraction of sp³-hybridized carbons (Fsp3) is 0.500. The summed E-state index contributed by atoms with van der Waals surface area (Å²) in [6.45, 7) is 6.57. The van der Waals surface area contributed by atoms with Crippen LogP contribution in [0.2, 0.25) is 0 Å². The van der Waals surface area contributed by atoms with Gasteiger partial charge >= 0.3 is 0 Å². The second-order valence-electron chi connectivity index (χ2n) is 4.29. The van der Waals surface area contributed by atoms with Gasteiger partial charge in [0, 0.05) is 12.2 Å². The van der Waals surface area contributed by atoms with Crippen molar-refractivity contribution in [3.05, 3.63) is 34.9 Å². The number of rotatable bonds is 8. The van der Waals surface area contributed by atoms with Crippen LogP contribution in [0.15, 0.2) is 23.4 Å². The molecule has 5 heteroatoms. The number of amidine groups is 1. The van der Waals surface area contributed by atoms with E-state index in [0.29, 0.717) is 25.4 Å². The van der Waals surface area contributed by atoms with E-state index < -0.39 is 0 Å². The molecule has 0 aliphatic carbocycles. The van der Waals surface area contributed by atoms with Crippen molar-refractivity contribution < 1.29 is 14.7 Å². The number of hydrogen-bond donors (Lipinski definition) is 2. The van der Waals surface area contributed by atoms with Crippen LogP contribution in [0.1, 0.15) is 30.0 Å². The maximum Gasteiger partial charge on any atom is 0.170 e. The molecule has 0 aliphatic rings. The van der Waals surface area contributed by atoms with Gasteiger partial charge in [0.1, 0.15) is 0 Å². The highest BCUT2D eigenvalue weighted by Crippen LogP contribution is 2.12. The molecule has 3 N–H and O–H groups in total. The monoisotopic (exact) mass is 266 g/mol. The third-order valence-corrected chi connectivity index (χ3v) is 2.72. The number of nitrogens with zero attached hydrogens (tertiary/aromatic N) is 1. The number of ether oxygens (including phenoxy) is 2. The van der Waals surface area contributed by atoms with E-state index in [2.05, 4.69) is 12.1 Å². The van der Waals surface area contributed by atoms with E-state index in [-0.39, 0.29) is 5.84 Å². The summed E-state index contributed by atoms with van der Waals surface area (Å²) in [7, 11) is 0. The smallest absolute Gasteiger partial charge is 0.170 e. The van der Waals surface area contributed by atoms with Crippen LogP contribution in [0.4, 0.5) is 0 Å². The van der Waals surface area contributed by atoms with E-state index in [1.165, 1.54) is 0 Å². The minimum atomic E-state index is 0.114. The lowest BCUT2D eigenvalue weighted by molar-refractivity contribution is 0.0407. The molecule has 5 nitrogen and oxygen atoms in total. The van der Waals surface area contributed by atoms with E-state index in [0.717, 1.165) is 24.2 Å². The van der Waals surface area contributed by atoms with Crippen molar-refractivity contribution in [2.75, 3.05) is 19.8 Å². The van der Waals surface area contributed by atoms with Gasteiger partial charge in [-0.05, 0) is 30.5 Å². The number of aryl methyl sites for hydroxylation is 1. The Morgan fingerprint density at radius 1 is 1.26 bits per heavy atom. The predicted octanol–water partition coefficient (Wildman–Crippen LogP) is 2.03. The summed E-state index contributed by atoms with van der Waals surface area (Å²) in [5.41, 5.74) is 8.38. The molecular weight excluding hydrogens is 244 g/mol. The summed E-state index contributed by atoms with van der Waals surface area (Å²) in [6.07, 6.45) is 1.02. The zero-order chi connectivity index (χ0) is 14.1. The lowest BCUT2D eigenvalue weighted by atomic mass is 10.1. The van der Waals surface area contributed by atoms with Gasteiger partial charge in [0.25, 0.3) is 0 Å². The molecule has 0 atom stereocenters. The molecule has 0 saturated heterocycles. The topological polar surface area (TPSA) is 77.1 Å². The summed E-state index contributed by atoms with van der Waals surface area (Å²) in [6, 6.07) is 5.62. The van der Waals surface area contributed by atoms with E-state index in [1.807, 2.05) is 25.1 Å². The average molecular weight is 266 g/mol. The zero-order valence-corrected chi connectivity index (χ0v) is 11.6. The van der Waals surface area contributed by atoms with Gasteiger partial charge in [-0.2, -0.15) is 0 Å². The maximum absolute atomic E-state index is 8.62. The Morgan fingerprint density at radius 2 is 2.00 bits per heavy atom. The van der Waals surface area contributed by atoms with Gasteiger partial charge in [0.15, 0.2) is 5.84 Å². The molecule has 0 amide bonds. The molecule has 0 bridgehead atoms. The van der Waals surface area contributed by atoms with Gasteiger partial charge < -0.3 is 20.4 Å². The molecule has 0 spiro atoms. The molecule has 0 aliphatic heterocycles. The highest BCUT2D eigenvalue weighted by atomic mass is 16.5. The minimum Gasteiger partial charge on any atom is -0.409 e. The third-order valence-electron chi connectivity index (χ3n) is 2.72. The summed E-state index contributed by atoms with van der Waals surface area (Å²) in [4.78, 5) is 0. The molecule has 1 rings (SSSR count). The Balaban J connectivity index is 2.43. The molecule has 19 heavy (non-hydrogen) atoms. The molecular formula is C14H22N2O3. The Morgan fingerprint density at radius 3 is 2.63 bits per heavy atom. The first-order valence-electron chi connectivity index (χ1n) is 6.42. The van der Waals surface area contributed by atoms with Gasteiger partial charge in [-0.3, -0.25) is 0 Å². The molecule has 0 radical (unpaired) electrons. The number of benzene rings is 1. The van der Waals surface area contributed by atoms with E-state index >= 15 is 0 Å². The largest absolute Gasteiger partial charge is 0.409 e. The average Bonchev–Trinajstić information content (AvgIpc) is 2.43. The summed E-state index contributed by atoms with van der Waals surface area (Å²) < 4.78 is 10.9. The fourth-order valence-corrected chi connectivity index (χ4v) is 1.62. The predicted molar refractivity (Wildman–Crippen MR) is 74.5 cm³/mol. The molecule has 0 fully saturated rings. The number of nitrogens with two attached hydrogens (primary N) is 1. The minimum absolute atomic E-state index is 0.114. The SMILES string of the molecule is CCCOCCOCc1ccc(/C(N)=N/O)cc1C. The lowest BCUT2D eigenvalue weighted by Gasteiger charge is -2.09. The number of oxime groups is 1. The van der Waals surface area contributed by atoms with Crippen LogP contribution in [0.25, 0.3) is 0 Å². The Bertz CT molecular complexity index is 419. The van der Waals surface area contributed by atoms with Crippen LogP contribution in [0, 0.1) is 6.92 Å². The van der Waals surface area contributed by atoms with Crippen LogP contribution in [-0.2, 0) is 16.1 Å². The van der Waals surface area contributed by atoms with Crippen molar-refractivity contribution in [1.82, 2.24) is 0 Å². The van der Waals surface area contributed by atoms with Crippen molar-refractivity contribution in [2.24, 2.45) is 10.9 Å². The summed E-state index contributed by atoms with van der Waals surface area (Å²) in [5, 5.41) is 11.6. The first-order valence-corrected chi connectivity index (χ1v) is 6.42. The van der Waals surface area contributed by atoms with E-state index in [9.17, 15) is 0 Å². The van der Waals surface area contributed by atoms with Crippen molar-refractivity contribution in [2.45, 2.75) is 26.9 Å². The molecule has 0 aromatic heterocycles. The van der Waals surface area contributed by atoms with Gasteiger partial charge in [-0.1, -0.05) is 24.2 Å². The standard InChI is InChI=1S/C14H22N2O3/c1-3-6-18-7-8-19-10-13-5-4-12(9-11(13)2)14(15)16-17/h4-5,9,17H,3,6-8,10H2,1-2H3,(H2,15,16). The van der Waals surface area contributed by atoms with Gasteiger partial charge in [0.05, 0.1) is 19.8 Å². The van der Waals surface area contributed by atoms with Crippen molar-refractivity contribution in [1.29, 1.82) is 0 Å². The van der Waals surface area contributed by atoms with Crippen molar-refractivity contribution >= 4 is 5.84 Å². The first kappa shape index (κ1) is 15.5. The second-order valence-corrected chi connectivity index (χ2v) is 4.29. The van der Waals surface area contributed by atoms with Crippen LogP contribution in [-0.4, -0.2) is 30.9 Å². The van der Waals surface area contributed by atoms with E-state index in [1.54, 1.807) is 0 Å². The summed E-state index contributed by atoms with van der Waals surface area (Å²) in [5.74, 6) is 0.114. The zero-order valence-electron chi connectivity index (χ0n) is 11.6. The normalized spacial score (nSPS) is 11.8. The van der Waals surface area contributed by atoms with Crippen molar-refractivity contribution in [3.63, 3.8) is 0 Å². The molecule has 0 heterocycles. The molecule has 106 valence electrons. The Labute approximate surface area is 114 Å². The second kappa shape index (κ2) is 8.50. The molecule has 0 unspecified atom stereocenters. The molecule has 1 aromatic carbocycles. The first-order chi connectivity index (χ1) is 9.19. The van der Waals surface area contributed by atoms with Gasteiger partial charge in [-0.15, -0.1) is 0 Å². The Hall–Kier alpha value is -1.59. The lowest BCUT2D eigenvalue weighted by Crippen LogP contribution is -2.13. The number of hydrogen-bond acceptors (Lipinski definition) is 4. The quantitative estimate of drug-likeness (QED) is 0.248. The highest BCUT2D eigenvalue weighted by molar-refractivity contribution is 5.97. The van der Waals surface area contributed by atoms with Gasteiger partial charge in [-0.25, -0.2) is 0 Å². The van der Waals surface area contributed by atoms with Crippen molar-refractivity contribution in [3.8, 4) is 0 Å². The molecule has 0 saturated carbocycles. The maximum atomic E-state index is 8.62. The van der Waals surface area contributed by atoms with Crippen LogP contribution < -0.4 is 5.73 Å². The fourth-order valence-electron chi connectivity index (χ4n) is 1.62. The third kappa shape index (κ3) is 5.28. The van der Waals surface area contributed by atoms with Gasteiger partial charge in [0.2, 0.25) is 0 Å². The summed E-state index contributed by atoms with van der Waals surface area (Å²) >= 11 is 0. The molecule has 1 aromatic rings. The van der Waals surface area contributed by atoms with Crippen LogP contribution in [0.5, 0.6) is 0 Å². The highest BCUT2D eigenvalue weighted by Gasteiger charge is 2.03. The Kier molecular flexibility index (Phi) is 6.92. The van der Waals surface area contributed by atoms with Crippen LogP contribution >= 0.6 is 0 Å². The van der Waals surface area contributed by atoms with Crippen LogP contribution in [0.3, 0.4) is 0 Å².